The molecule has 1 amide bonds. The van der Waals surface area contributed by atoms with Gasteiger partial charge in [-0.1, -0.05) is 18.2 Å². The zero-order valence-corrected chi connectivity index (χ0v) is 13.8. The van der Waals surface area contributed by atoms with E-state index < -0.39 is 11.7 Å². The number of hydrogen-bond donors (Lipinski definition) is 1. The number of nitrogens with zero attached hydrogens (tertiary/aromatic N) is 2. The number of anilines is 1. The summed E-state index contributed by atoms with van der Waals surface area (Å²) in [4.78, 5) is 19.8. The van der Waals surface area contributed by atoms with E-state index in [-0.39, 0.29) is 12.3 Å². The summed E-state index contributed by atoms with van der Waals surface area (Å²) in [5, 5.41) is 3.20. The summed E-state index contributed by atoms with van der Waals surface area (Å²) in [6.45, 7) is 1.73. The van der Waals surface area contributed by atoms with E-state index in [1.807, 2.05) is 7.05 Å². The van der Waals surface area contributed by atoms with E-state index >= 15 is 0 Å². The van der Waals surface area contributed by atoms with Gasteiger partial charge in [0, 0.05) is 24.4 Å². The highest BCUT2D eigenvalue weighted by Crippen LogP contribution is 2.30. The van der Waals surface area contributed by atoms with Gasteiger partial charge in [0.15, 0.2) is 5.13 Å². The molecule has 2 aromatic rings. The molecule has 3 rings (SSSR count). The summed E-state index contributed by atoms with van der Waals surface area (Å²) < 4.78 is 38.1. The maximum atomic E-state index is 12.7. The van der Waals surface area contributed by atoms with E-state index in [1.165, 1.54) is 23.5 Å². The Kier molecular flexibility index (Phi) is 4.60. The summed E-state index contributed by atoms with van der Waals surface area (Å²) in [6, 6.07) is 4.81. The lowest BCUT2D eigenvalue weighted by Gasteiger charge is -2.20. The number of carbonyl (C=O) groups excluding carboxylic acids is 1. The SMILES string of the molecule is CN1CCc2nc(NC(=O)Cc3cccc(C(F)(F)F)c3)sc2C1. The maximum Gasteiger partial charge on any atom is 0.416 e. The van der Waals surface area contributed by atoms with Crippen LogP contribution in [0.1, 0.15) is 21.7 Å². The smallest absolute Gasteiger partial charge is 0.302 e. The minimum absolute atomic E-state index is 0.117. The highest BCUT2D eigenvalue weighted by molar-refractivity contribution is 7.15. The molecule has 0 spiro atoms. The second-order valence-corrected chi connectivity index (χ2v) is 6.88. The summed E-state index contributed by atoms with van der Waals surface area (Å²) in [5.74, 6) is -0.367. The number of thiazole rings is 1. The molecular formula is C16H16F3N3OS. The zero-order valence-electron chi connectivity index (χ0n) is 13.0. The number of nitrogens with one attached hydrogen (secondary N) is 1. The van der Waals surface area contributed by atoms with Gasteiger partial charge in [0.05, 0.1) is 17.7 Å². The van der Waals surface area contributed by atoms with Gasteiger partial charge in [-0.2, -0.15) is 13.2 Å². The fourth-order valence-electron chi connectivity index (χ4n) is 2.58. The van der Waals surface area contributed by atoms with E-state index in [2.05, 4.69) is 15.2 Å². The third-order valence-corrected chi connectivity index (χ3v) is 4.79. The lowest BCUT2D eigenvalue weighted by Crippen LogP contribution is -2.25. The Morgan fingerprint density at radius 1 is 1.42 bits per heavy atom. The van der Waals surface area contributed by atoms with Gasteiger partial charge in [-0.05, 0) is 18.7 Å². The highest BCUT2D eigenvalue weighted by atomic mass is 32.1. The number of aromatic nitrogens is 1. The van der Waals surface area contributed by atoms with Crippen LogP contribution in [-0.4, -0.2) is 29.4 Å². The van der Waals surface area contributed by atoms with Crippen LogP contribution in [0, 0.1) is 0 Å². The van der Waals surface area contributed by atoms with E-state index in [1.54, 1.807) is 0 Å². The first-order valence-electron chi connectivity index (χ1n) is 7.44. The number of hydrogen-bond acceptors (Lipinski definition) is 4. The topological polar surface area (TPSA) is 45.2 Å². The first-order valence-corrected chi connectivity index (χ1v) is 8.26. The van der Waals surface area contributed by atoms with Crippen molar-refractivity contribution in [3.05, 3.63) is 46.0 Å². The van der Waals surface area contributed by atoms with Gasteiger partial charge in [0.1, 0.15) is 0 Å². The Morgan fingerprint density at radius 3 is 2.96 bits per heavy atom. The lowest BCUT2D eigenvalue weighted by atomic mass is 10.1. The molecule has 1 aromatic heterocycles. The number of carbonyl (C=O) groups is 1. The molecule has 1 aliphatic rings. The molecule has 1 aromatic carbocycles. The minimum atomic E-state index is -4.41. The predicted octanol–water partition coefficient (Wildman–Crippen LogP) is 3.33. The van der Waals surface area contributed by atoms with Crippen molar-refractivity contribution in [1.82, 2.24) is 9.88 Å². The maximum absolute atomic E-state index is 12.7. The van der Waals surface area contributed by atoms with Gasteiger partial charge in [-0.25, -0.2) is 4.98 Å². The summed E-state index contributed by atoms with van der Waals surface area (Å²) in [5.41, 5.74) is 0.566. The normalized spacial score (nSPS) is 15.2. The zero-order chi connectivity index (χ0) is 17.3. The molecule has 128 valence electrons. The first kappa shape index (κ1) is 16.9. The van der Waals surface area contributed by atoms with Crippen LogP contribution in [0.2, 0.25) is 0 Å². The number of benzene rings is 1. The molecule has 2 heterocycles. The van der Waals surface area contributed by atoms with Crippen LogP contribution in [-0.2, 0) is 30.4 Å². The first-order chi connectivity index (χ1) is 11.3. The largest absolute Gasteiger partial charge is 0.416 e. The van der Waals surface area contributed by atoms with Crippen LogP contribution in [0.25, 0.3) is 0 Å². The van der Waals surface area contributed by atoms with Crippen molar-refractivity contribution in [3.8, 4) is 0 Å². The predicted molar refractivity (Wildman–Crippen MR) is 85.9 cm³/mol. The van der Waals surface area contributed by atoms with E-state index in [0.29, 0.717) is 10.7 Å². The number of fused-ring (bicyclic) bond motifs is 1. The molecule has 0 bridgehead atoms. The van der Waals surface area contributed by atoms with Gasteiger partial charge in [0.2, 0.25) is 5.91 Å². The Labute approximate surface area is 141 Å². The monoisotopic (exact) mass is 355 g/mol. The Morgan fingerprint density at radius 2 is 2.21 bits per heavy atom. The van der Waals surface area contributed by atoms with Crippen molar-refractivity contribution in [3.63, 3.8) is 0 Å². The van der Waals surface area contributed by atoms with Crippen molar-refractivity contribution in [2.24, 2.45) is 0 Å². The molecule has 0 aliphatic carbocycles. The van der Waals surface area contributed by atoms with Crippen LogP contribution < -0.4 is 5.32 Å². The molecule has 0 fully saturated rings. The fourth-order valence-corrected chi connectivity index (χ4v) is 3.69. The average molecular weight is 355 g/mol. The fraction of sp³-hybridized carbons (Fsp3) is 0.375. The van der Waals surface area contributed by atoms with E-state index in [9.17, 15) is 18.0 Å². The number of likely N-dealkylation sites (N-methyl/N-ethyl adjacent to an activating group) is 1. The van der Waals surface area contributed by atoms with Crippen LogP contribution in [0.4, 0.5) is 18.3 Å². The number of halogens is 3. The number of amides is 1. The molecule has 8 heteroatoms. The Hall–Kier alpha value is -1.93. The van der Waals surface area contributed by atoms with Gasteiger partial charge >= 0.3 is 6.18 Å². The van der Waals surface area contributed by atoms with Gasteiger partial charge < -0.3 is 10.2 Å². The molecule has 24 heavy (non-hydrogen) atoms. The molecule has 0 unspecified atom stereocenters. The molecule has 1 N–H and O–H groups in total. The van der Waals surface area contributed by atoms with Crippen molar-refractivity contribution < 1.29 is 18.0 Å². The molecule has 0 saturated heterocycles. The molecule has 0 radical (unpaired) electrons. The number of alkyl halides is 3. The molecule has 0 saturated carbocycles. The quantitative estimate of drug-likeness (QED) is 0.919. The third kappa shape index (κ3) is 3.93. The standard InChI is InChI=1S/C16H16F3N3OS/c1-22-6-5-12-13(9-22)24-15(20-12)21-14(23)8-10-3-2-4-11(7-10)16(17,18)19/h2-4,7H,5-6,8-9H2,1H3,(H,20,21,23). The molecule has 4 nitrogen and oxygen atoms in total. The lowest BCUT2D eigenvalue weighted by molar-refractivity contribution is -0.137. The number of rotatable bonds is 3. The second kappa shape index (κ2) is 6.52. The van der Waals surface area contributed by atoms with Gasteiger partial charge in [0.25, 0.3) is 0 Å². The second-order valence-electron chi connectivity index (χ2n) is 5.80. The minimum Gasteiger partial charge on any atom is -0.302 e. The highest BCUT2D eigenvalue weighted by Gasteiger charge is 2.30. The van der Waals surface area contributed by atoms with E-state index in [0.717, 1.165) is 42.2 Å². The molecular weight excluding hydrogens is 339 g/mol. The molecule has 0 atom stereocenters. The van der Waals surface area contributed by atoms with Gasteiger partial charge in [-0.3, -0.25) is 4.79 Å². The molecule has 1 aliphatic heterocycles. The Bertz CT molecular complexity index is 757. The summed E-state index contributed by atoms with van der Waals surface area (Å²) in [7, 11) is 2.02. The summed E-state index contributed by atoms with van der Waals surface area (Å²) in [6.07, 6.45) is -3.69. The van der Waals surface area contributed by atoms with Crippen LogP contribution >= 0.6 is 11.3 Å². The average Bonchev–Trinajstić information content (AvgIpc) is 2.87. The van der Waals surface area contributed by atoms with Crippen molar-refractivity contribution in [1.29, 1.82) is 0 Å². The van der Waals surface area contributed by atoms with Crippen LogP contribution in [0.3, 0.4) is 0 Å². The van der Waals surface area contributed by atoms with Crippen LogP contribution in [0.5, 0.6) is 0 Å². The Balaban J connectivity index is 1.66. The summed E-state index contributed by atoms with van der Waals surface area (Å²) >= 11 is 1.42. The van der Waals surface area contributed by atoms with E-state index in [4.69, 9.17) is 0 Å². The van der Waals surface area contributed by atoms with Crippen molar-refractivity contribution in [2.45, 2.75) is 25.6 Å². The van der Waals surface area contributed by atoms with Crippen LogP contribution in [0.15, 0.2) is 24.3 Å². The third-order valence-electron chi connectivity index (χ3n) is 3.79. The van der Waals surface area contributed by atoms with Crippen molar-refractivity contribution in [2.75, 3.05) is 18.9 Å². The van der Waals surface area contributed by atoms with Gasteiger partial charge in [-0.15, -0.1) is 11.3 Å². The van der Waals surface area contributed by atoms with Crippen molar-refractivity contribution >= 4 is 22.4 Å².